The van der Waals surface area contributed by atoms with Crippen LogP contribution in [0.4, 0.5) is 0 Å². The molecule has 1 aliphatic heterocycles. The van der Waals surface area contributed by atoms with E-state index in [4.69, 9.17) is 0 Å². The third-order valence-electron chi connectivity index (χ3n) is 3.71. The molecule has 1 saturated heterocycles. The van der Waals surface area contributed by atoms with Crippen molar-refractivity contribution in [2.45, 2.75) is 23.3 Å². The van der Waals surface area contributed by atoms with Gasteiger partial charge in [-0.05, 0) is 35.5 Å². The van der Waals surface area contributed by atoms with Gasteiger partial charge in [-0.15, -0.1) is 23.5 Å². The maximum absolute atomic E-state index is 2.29. The summed E-state index contributed by atoms with van der Waals surface area (Å²) in [5.41, 5.74) is 2.94. The lowest BCUT2D eigenvalue weighted by Crippen LogP contribution is -2.19. The van der Waals surface area contributed by atoms with E-state index in [-0.39, 0.29) is 0 Å². The second kappa shape index (κ2) is 7.24. The molecule has 1 unspecified atom stereocenters. The van der Waals surface area contributed by atoms with Gasteiger partial charge in [-0.2, -0.15) is 0 Å². The Kier molecular flexibility index (Phi) is 5.10. The van der Waals surface area contributed by atoms with Gasteiger partial charge in [0.05, 0.1) is 4.58 Å². The van der Waals surface area contributed by atoms with Crippen LogP contribution < -0.4 is 0 Å². The van der Waals surface area contributed by atoms with Crippen LogP contribution in [0, 0.1) is 0 Å². The molecule has 0 amide bonds. The molecule has 0 radical (unpaired) electrons. The molecule has 2 aromatic carbocycles. The van der Waals surface area contributed by atoms with Gasteiger partial charge in [-0.25, -0.2) is 0 Å². The SMILES string of the molecule is c1ccc(CC(c2ccccc2)C2SCCCS2)cc1. The maximum atomic E-state index is 2.29. The lowest BCUT2D eigenvalue weighted by atomic mass is 9.93. The van der Waals surface area contributed by atoms with E-state index in [1.807, 2.05) is 0 Å². The molecule has 0 aliphatic carbocycles. The smallest absolute Gasteiger partial charge is 0.0574 e. The highest BCUT2D eigenvalue weighted by molar-refractivity contribution is 8.17. The van der Waals surface area contributed by atoms with Crippen LogP contribution in [-0.4, -0.2) is 16.1 Å². The summed E-state index contributed by atoms with van der Waals surface area (Å²) in [4.78, 5) is 0. The predicted molar refractivity (Wildman–Crippen MR) is 92.7 cm³/mol. The first-order valence-electron chi connectivity index (χ1n) is 7.25. The molecule has 20 heavy (non-hydrogen) atoms. The molecule has 0 saturated carbocycles. The standard InChI is InChI=1S/C18H20S2/c1-3-8-15(9-4-1)14-17(16-10-5-2-6-11-16)18-19-12-7-13-20-18/h1-6,8-11,17-18H,7,12-14H2. The average Bonchev–Trinajstić information content (AvgIpc) is 2.55. The summed E-state index contributed by atoms with van der Waals surface area (Å²) in [7, 11) is 0. The van der Waals surface area contributed by atoms with Crippen molar-refractivity contribution in [2.75, 3.05) is 11.5 Å². The fraction of sp³-hybridized carbons (Fsp3) is 0.333. The molecule has 0 aromatic heterocycles. The molecule has 0 N–H and O–H groups in total. The molecule has 3 rings (SSSR count). The van der Waals surface area contributed by atoms with Crippen LogP contribution in [0.3, 0.4) is 0 Å². The van der Waals surface area contributed by atoms with E-state index >= 15 is 0 Å². The van der Waals surface area contributed by atoms with Gasteiger partial charge < -0.3 is 0 Å². The topological polar surface area (TPSA) is 0 Å². The van der Waals surface area contributed by atoms with E-state index in [9.17, 15) is 0 Å². The Hall–Kier alpha value is -0.860. The number of hydrogen-bond donors (Lipinski definition) is 0. The lowest BCUT2D eigenvalue weighted by Gasteiger charge is -2.30. The second-order valence-electron chi connectivity index (χ2n) is 5.17. The molecule has 1 atom stereocenters. The predicted octanol–water partition coefficient (Wildman–Crippen LogP) is 5.21. The highest BCUT2D eigenvalue weighted by Gasteiger charge is 2.26. The van der Waals surface area contributed by atoms with E-state index in [2.05, 4.69) is 84.2 Å². The van der Waals surface area contributed by atoms with Crippen molar-refractivity contribution >= 4 is 23.5 Å². The van der Waals surface area contributed by atoms with Crippen LogP contribution in [0.25, 0.3) is 0 Å². The molecule has 1 aliphatic rings. The number of hydrogen-bond acceptors (Lipinski definition) is 2. The van der Waals surface area contributed by atoms with Gasteiger partial charge in [-0.3, -0.25) is 0 Å². The monoisotopic (exact) mass is 300 g/mol. The van der Waals surface area contributed by atoms with E-state index in [0.29, 0.717) is 10.5 Å². The highest BCUT2D eigenvalue weighted by Crippen LogP contribution is 2.42. The fourth-order valence-electron chi connectivity index (χ4n) is 2.68. The highest BCUT2D eigenvalue weighted by atomic mass is 32.2. The summed E-state index contributed by atoms with van der Waals surface area (Å²) >= 11 is 4.30. The summed E-state index contributed by atoms with van der Waals surface area (Å²) in [5.74, 6) is 3.25. The molecular formula is C18H20S2. The number of rotatable bonds is 4. The minimum Gasteiger partial charge on any atom is -0.147 e. The Labute approximate surface area is 130 Å². The van der Waals surface area contributed by atoms with Crippen molar-refractivity contribution in [1.82, 2.24) is 0 Å². The van der Waals surface area contributed by atoms with Gasteiger partial charge in [0.25, 0.3) is 0 Å². The first-order valence-corrected chi connectivity index (χ1v) is 9.35. The van der Waals surface area contributed by atoms with Crippen molar-refractivity contribution in [3.63, 3.8) is 0 Å². The first-order chi connectivity index (χ1) is 9.93. The number of thioether (sulfide) groups is 2. The van der Waals surface area contributed by atoms with E-state index < -0.39 is 0 Å². The van der Waals surface area contributed by atoms with Gasteiger partial charge in [0.2, 0.25) is 0 Å². The van der Waals surface area contributed by atoms with Crippen LogP contribution in [0.2, 0.25) is 0 Å². The van der Waals surface area contributed by atoms with Crippen LogP contribution >= 0.6 is 23.5 Å². The lowest BCUT2D eigenvalue weighted by molar-refractivity contribution is 0.741. The van der Waals surface area contributed by atoms with Crippen molar-refractivity contribution in [3.8, 4) is 0 Å². The largest absolute Gasteiger partial charge is 0.147 e. The Bertz CT molecular complexity index is 503. The van der Waals surface area contributed by atoms with Gasteiger partial charge in [0.15, 0.2) is 0 Å². The molecule has 0 nitrogen and oxygen atoms in total. The van der Waals surface area contributed by atoms with E-state index in [1.165, 1.54) is 29.1 Å². The molecule has 1 fully saturated rings. The molecular weight excluding hydrogens is 280 g/mol. The van der Waals surface area contributed by atoms with Gasteiger partial charge in [-0.1, -0.05) is 60.7 Å². The van der Waals surface area contributed by atoms with Crippen molar-refractivity contribution in [2.24, 2.45) is 0 Å². The zero-order valence-corrected chi connectivity index (χ0v) is 13.2. The van der Waals surface area contributed by atoms with Crippen LogP contribution in [-0.2, 0) is 6.42 Å². The minimum absolute atomic E-state index is 0.619. The Morgan fingerprint density at radius 3 is 2.10 bits per heavy atom. The summed E-state index contributed by atoms with van der Waals surface area (Å²) < 4.78 is 0.700. The minimum atomic E-state index is 0.619. The normalized spacial score (nSPS) is 17.8. The van der Waals surface area contributed by atoms with Crippen molar-refractivity contribution in [1.29, 1.82) is 0 Å². The third-order valence-corrected chi connectivity index (χ3v) is 6.89. The third kappa shape index (κ3) is 3.62. The molecule has 0 bridgehead atoms. The summed E-state index contributed by atoms with van der Waals surface area (Å²) in [6.45, 7) is 0. The van der Waals surface area contributed by atoms with Crippen LogP contribution in [0.1, 0.15) is 23.5 Å². The van der Waals surface area contributed by atoms with Gasteiger partial charge in [0.1, 0.15) is 0 Å². The Morgan fingerprint density at radius 2 is 1.45 bits per heavy atom. The fourth-order valence-corrected chi connectivity index (χ4v) is 5.88. The Morgan fingerprint density at radius 1 is 0.850 bits per heavy atom. The quantitative estimate of drug-likeness (QED) is 0.760. The molecule has 104 valence electrons. The van der Waals surface area contributed by atoms with Crippen LogP contribution in [0.5, 0.6) is 0 Å². The molecule has 2 aromatic rings. The zero-order valence-electron chi connectivity index (χ0n) is 11.6. The summed E-state index contributed by atoms with van der Waals surface area (Å²) in [6, 6.07) is 22.0. The van der Waals surface area contributed by atoms with Gasteiger partial charge >= 0.3 is 0 Å². The first kappa shape index (κ1) is 14.1. The summed E-state index contributed by atoms with van der Waals surface area (Å²) in [5, 5.41) is 0. The van der Waals surface area contributed by atoms with Gasteiger partial charge in [0, 0.05) is 5.92 Å². The zero-order chi connectivity index (χ0) is 13.6. The molecule has 1 heterocycles. The molecule has 2 heteroatoms. The molecule has 0 spiro atoms. The van der Waals surface area contributed by atoms with Crippen molar-refractivity contribution in [3.05, 3.63) is 71.8 Å². The maximum Gasteiger partial charge on any atom is 0.0574 e. The van der Waals surface area contributed by atoms with E-state index in [1.54, 1.807) is 0 Å². The van der Waals surface area contributed by atoms with Crippen molar-refractivity contribution < 1.29 is 0 Å². The second-order valence-corrected chi connectivity index (χ2v) is 7.97. The summed E-state index contributed by atoms with van der Waals surface area (Å²) in [6.07, 6.45) is 2.51. The van der Waals surface area contributed by atoms with Crippen LogP contribution in [0.15, 0.2) is 60.7 Å². The van der Waals surface area contributed by atoms with E-state index in [0.717, 1.165) is 6.42 Å². The number of benzene rings is 2. The Balaban J connectivity index is 1.83. The average molecular weight is 300 g/mol.